The molecule has 0 fully saturated rings. The van der Waals surface area contributed by atoms with E-state index in [1.54, 1.807) is 21.1 Å². The van der Waals surface area contributed by atoms with Crippen molar-refractivity contribution in [1.29, 1.82) is 0 Å². The van der Waals surface area contributed by atoms with Gasteiger partial charge in [0.15, 0.2) is 11.5 Å². The monoisotopic (exact) mass is 292 g/mol. The normalized spacial score (nSPS) is 17.3. The van der Waals surface area contributed by atoms with Gasteiger partial charge in [0.2, 0.25) is 0 Å². The summed E-state index contributed by atoms with van der Waals surface area (Å²) in [4.78, 5) is 11.9. The number of hydrogen-bond acceptors (Lipinski definition) is 5. The molecule has 0 saturated carbocycles. The van der Waals surface area contributed by atoms with E-state index in [0.29, 0.717) is 11.5 Å². The van der Waals surface area contributed by atoms with Crippen molar-refractivity contribution in [3.8, 4) is 11.5 Å². The number of aryl methyl sites for hydroxylation is 1. The van der Waals surface area contributed by atoms with E-state index in [4.69, 9.17) is 14.2 Å². The van der Waals surface area contributed by atoms with Crippen molar-refractivity contribution in [1.82, 2.24) is 0 Å². The third kappa shape index (κ3) is 2.82. The second-order valence-electron chi connectivity index (χ2n) is 4.80. The highest BCUT2D eigenvalue weighted by molar-refractivity contribution is 5.90. The Morgan fingerprint density at radius 1 is 1.33 bits per heavy atom. The van der Waals surface area contributed by atoms with Gasteiger partial charge in [-0.1, -0.05) is 0 Å². The molecule has 0 spiro atoms. The first-order valence-corrected chi connectivity index (χ1v) is 6.92. The molecule has 0 aromatic heterocycles. The van der Waals surface area contributed by atoms with Crippen LogP contribution in [0.5, 0.6) is 11.5 Å². The minimum absolute atomic E-state index is 0.177. The van der Waals surface area contributed by atoms with Crippen LogP contribution in [0.25, 0.3) is 0 Å². The Labute approximate surface area is 124 Å². The number of ether oxygens (including phenoxy) is 3. The molecule has 0 aliphatic heterocycles. The van der Waals surface area contributed by atoms with Crippen LogP contribution in [0.3, 0.4) is 0 Å². The Kier molecular flexibility index (Phi) is 4.73. The van der Waals surface area contributed by atoms with Crippen LogP contribution in [-0.2, 0) is 16.0 Å². The predicted octanol–water partition coefficient (Wildman–Crippen LogP) is 2.74. The zero-order valence-electron chi connectivity index (χ0n) is 12.5. The standard InChI is InChI=1S/C16H20O5/c1-4-21-16(18)13(9-17)11-6-5-10-7-14(19-2)15(20-3)8-12(10)11/h7-9,11,17H,4-6H2,1-3H3/b13-9+. The Morgan fingerprint density at radius 2 is 2.00 bits per heavy atom. The summed E-state index contributed by atoms with van der Waals surface area (Å²) in [5, 5.41) is 9.42. The quantitative estimate of drug-likeness (QED) is 0.513. The lowest BCUT2D eigenvalue weighted by Gasteiger charge is -2.16. The second kappa shape index (κ2) is 6.52. The molecule has 1 atom stereocenters. The van der Waals surface area contributed by atoms with Crippen molar-refractivity contribution < 1.29 is 24.1 Å². The molecular weight excluding hydrogens is 272 g/mol. The summed E-state index contributed by atoms with van der Waals surface area (Å²) >= 11 is 0. The van der Waals surface area contributed by atoms with Crippen LogP contribution in [0.4, 0.5) is 0 Å². The average molecular weight is 292 g/mol. The summed E-state index contributed by atoms with van der Waals surface area (Å²) < 4.78 is 15.6. The van der Waals surface area contributed by atoms with Crippen LogP contribution >= 0.6 is 0 Å². The van der Waals surface area contributed by atoms with Crippen molar-refractivity contribution in [3.63, 3.8) is 0 Å². The average Bonchev–Trinajstić information content (AvgIpc) is 2.89. The molecule has 0 heterocycles. The molecule has 5 nitrogen and oxygen atoms in total. The first-order valence-electron chi connectivity index (χ1n) is 6.92. The van der Waals surface area contributed by atoms with Crippen molar-refractivity contribution >= 4 is 5.97 Å². The molecule has 1 aromatic carbocycles. The SMILES string of the molecule is CCOC(=O)/C(=C/O)C1CCc2cc(OC)c(OC)cc21. The highest BCUT2D eigenvalue weighted by atomic mass is 16.5. The Morgan fingerprint density at radius 3 is 2.57 bits per heavy atom. The van der Waals surface area contributed by atoms with Crippen molar-refractivity contribution in [2.24, 2.45) is 0 Å². The van der Waals surface area contributed by atoms with E-state index in [2.05, 4.69) is 0 Å². The van der Waals surface area contributed by atoms with Crippen molar-refractivity contribution in [2.75, 3.05) is 20.8 Å². The molecule has 0 amide bonds. The van der Waals surface area contributed by atoms with Crippen LogP contribution in [0.1, 0.15) is 30.4 Å². The fourth-order valence-corrected chi connectivity index (χ4v) is 2.76. The van der Waals surface area contributed by atoms with E-state index in [1.165, 1.54) is 0 Å². The lowest BCUT2D eigenvalue weighted by molar-refractivity contribution is -0.139. The molecule has 21 heavy (non-hydrogen) atoms. The number of aliphatic hydroxyl groups excluding tert-OH is 1. The first kappa shape index (κ1) is 15.2. The Bertz CT molecular complexity index is 562. The number of hydrogen-bond donors (Lipinski definition) is 1. The smallest absolute Gasteiger partial charge is 0.337 e. The van der Waals surface area contributed by atoms with E-state index in [1.807, 2.05) is 12.1 Å². The molecule has 1 unspecified atom stereocenters. The minimum Gasteiger partial charge on any atom is -0.515 e. The summed E-state index contributed by atoms with van der Waals surface area (Å²) in [6.45, 7) is 2.02. The van der Waals surface area contributed by atoms with Crippen LogP contribution in [0.15, 0.2) is 24.0 Å². The third-order valence-corrected chi connectivity index (χ3v) is 3.75. The van der Waals surface area contributed by atoms with Gasteiger partial charge in [-0.2, -0.15) is 0 Å². The highest BCUT2D eigenvalue weighted by Crippen LogP contribution is 2.43. The van der Waals surface area contributed by atoms with Crippen LogP contribution < -0.4 is 9.47 Å². The van der Waals surface area contributed by atoms with Gasteiger partial charge in [0, 0.05) is 5.92 Å². The molecular formula is C16H20O5. The summed E-state index contributed by atoms with van der Waals surface area (Å²) in [7, 11) is 3.16. The molecule has 1 aromatic rings. The Balaban J connectivity index is 2.39. The predicted molar refractivity (Wildman–Crippen MR) is 78.0 cm³/mol. The van der Waals surface area contributed by atoms with Gasteiger partial charge in [0.1, 0.15) is 0 Å². The van der Waals surface area contributed by atoms with Crippen molar-refractivity contribution in [3.05, 3.63) is 35.1 Å². The van der Waals surface area contributed by atoms with Gasteiger partial charge in [-0.05, 0) is 43.0 Å². The van der Waals surface area contributed by atoms with Crippen LogP contribution in [-0.4, -0.2) is 31.9 Å². The number of carbonyl (C=O) groups excluding carboxylic acids is 1. The molecule has 0 saturated heterocycles. The lowest BCUT2D eigenvalue weighted by atomic mass is 9.93. The van der Waals surface area contributed by atoms with Gasteiger partial charge in [0.25, 0.3) is 0 Å². The number of benzene rings is 1. The maximum absolute atomic E-state index is 11.9. The van der Waals surface area contributed by atoms with Gasteiger partial charge >= 0.3 is 5.97 Å². The number of rotatable bonds is 5. The van der Waals surface area contributed by atoms with E-state index in [-0.39, 0.29) is 18.1 Å². The molecule has 2 rings (SSSR count). The summed E-state index contributed by atoms with van der Waals surface area (Å²) in [5.74, 6) is 0.628. The van der Waals surface area contributed by atoms with Gasteiger partial charge in [-0.15, -0.1) is 0 Å². The van der Waals surface area contributed by atoms with E-state index >= 15 is 0 Å². The second-order valence-corrected chi connectivity index (χ2v) is 4.80. The number of aliphatic hydroxyl groups is 1. The molecule has 0 bridgehead atoms. The summed E-state index contributed by atoms with van der Waals surface area (Å²) in [6, 6.07) is 3.79. The van der Waals surface area contributed by atoms with Crippen LogP contribution in [0, 0.1) is 0 Å². The molecule has 1 aliphatic rings. The maximum atomic E-state index is 11.9. The fraction of sp³-hybridized carbons (Fsp3) is 0.438. The van der Waals surface area contributed by atoms with Gasteiger partial charge < -0.3 is 19.3 Å². The van der Waals surface area contributed by atoms with Gasteiger partial charge in [0.05, 0.1) is 32.7 Å². The molecule has 5 heteroatoms. The van der Waals surface area contributed by atoms with Crippen LogP contribution in [0.2, 0.25) is 0 Å². The number of methoxy groups -OCH3 is 2. The Hall–Kier alpha value is -2.17. The van der Waals surface area contributed by atoms with Gasteiger partial charge in [-0.25, -0.2) is 4.79 Å². The lowest BCUT2D eigenvalue weighted by Crippen LogP contribution is -2.13. The molecule has 114 valence electrons. The van der Waals surface area contributed by atoms with E-state index in [9.17, 15) is 9.90 Å². The number of fused-ring (bicyclic) bond motifs is 1. The molecule has 1 aliphatic carbocycles. The third-order valence-electron chi connectivity index (χ3n) is 3.75. The molecule has 0 radical (unpaired) electrons. The highest BCUT2D eigenvalue weighted by Gasteiger charge is 2.31. The number of esters is 1. The summed E-state index contributed by atoms with van der Waals surface area (Å²) in [6.07, 6.45) is 2.42. The zero-order chi connectivity index (χ0) is 15.4. The largest absolute Gasteiger partial charge is 0.515 e. The number of carbonyl (C=O) groups is 1. The van der Waals surface area contributed by atoms with Crippen molar-refractivity contribution in [2.45, 2.75) is 25.7 Å². The van der Waals surface area contributed by atoms with E-state index in [0.717, 1.165) is 30.2 Å². The first-order chi connectivity index (χ1) is 10.2. The minimum atomic E-state index is -0.479. The molecule has 1 N–H and O–H groups in total. The maximum Gasteiger partial charge on any atom is 0.337 e. The summed E-state index contributed by atoms with van der Waals surface area (Å²) in [5.41, 5.74) is 2.35. The fourth-order valence-electron chi connectivity index (χ4n) is 2.76. The topological polar surface area (TPSA) is 65.0 Å². The van der Waals surface area contributed by atoms with Gasteiger partial charge in [-0.3, -0.25) is 0 Å². The van der Waals surface area contributed by atoms with E-state index < -0.39 is 5.97 Å². The zero-order valence-corrected chi connectivity index (χ0v) is 12.5.